The van der Waals surface area contributed by atoms with E-state index >= 15 is 0 Å². The standard InChI is InChI=1S/C28H29N3O3S/c32-35(33,26-10-3-20(4-11-26)22-5-14-28-29-15-16-31(28)17-22)27-12-8-25(9-13-27)30-24-6-1-21(2-7-24)23-18-34-19-23/h1-7,10-11,14-17,23,25,27,30H,8-9,12-13,18-19H2. The summed E-state index contributed by atoms with van der Waals surface area (Å²) in [6.45, 7) is 1.63. The molecule has 6 nitrogen and oxygen atoms in total. The number of nitrogens with zero attached hydrogens (tertiary/aromatic N) is 2. The topological polar surface area (TPSA) is 72.7 Å². The number of aromatic nitrogens is 2. The van der Waals surface area contributed by atoms with Crippen molar-refractivity contribution >= 4 is 21.2 Å². The average Bonchev–Trinajstić information content (AvgIpc) is 3.33. The number of anilines is 1. The van der Waals surface area contributed by atoms with E-state index in [1.807, 2.05) is 41.1 Å². The molecule has 2 aromatic heterocycles. The number of hydrogen-bond acceptors (Lipinski definition) is 5. The molecule has 1 aliphatic heterocycles. The predicted octanol–water partition coefficient (Wildman–Crippen LogP) is 5.31. The molecule has 0 amide bonds. The molecule has 1 saturated heterocycles. The number of rotatable bonds is 6. The number of imidazole rings is 1. The van der Waals surface area contributed by atoms with Crippen molar-refractivity contribution in [3.63, 3.8) is 0 Å². The third-order valence-corrected chi connectivity index (χ3v) is 9.69. The first-order chi connectivity index (χ1) is 17.1. The molecule has 2 fully saturated rings. The zero-order chi connectivity index (χ0) is 23.8. The van der Waals surface area contributed by atoms with E-state index < -0.39 is 9.84 Å². The van der Waals surface area contributed by atoms with Crippen molar-refractivity contribution in [1.82, 2.24) is 9.38 Å². The third kappa shape index (κ3) is 4.46. The minimum Gasteiger partial charge on any atom is -0.382 e. The van der Waals surface area contributed by atoms with Crippen LogP contribution >= 0.6 is 0 Å². The molecule has 0 spiro atoms. The normalized spacial score (nSPS) is 21.0. The fourth-order valence-electron chi connectivity index (χ4n) is 5.15. The van der Waals surface area contributed by atoms with Gasteiger partial charge in [-0.2, -0.15) is 0 Å². The lowest BCUT2D eigenvalue weighted by molar-refractivity contribution is 0.00843. The number of nitrogens with one attached hydrogen (secondary N) is 1. The van der Waals surface area contributed by atoms with E-state index in [-0.39, 0.29) is 5.25 Å². The van der Waals surface area contributed by atoms with Gasteiger partial charge < -0.3 is 14.5 Å². The Morgan fingerprint density at radius 2 is 1.57 bits per heavy atom. The summed E-state index contributed by atoms with van der Waals surface area (Å²) < 4.78 is 33.9. The van der Waals surface area contributed by atoms with Crippen LogP contribution in [0.2, 0.25) is 0 Å². The summed E-state index contributed by atoms with van der Waals surface area (Å²) >= 11 is 0. The number of benzene rings is 2. The molecule has 180 valence electrons. The van der Waals surface area contributed by atoms with E-state index in [0.717, 1.165) is 48.5 Å². The molecule has 1 saturated carbocycles. The molecule has 1 N–H and O–H groups in total. The molecule has 4 aromatic rings. The number of ether oxygens (including phenoxy) is 1. The summed E-state index contributed by atoms with van der Waals surface area (Å²) in [7, 11) is -3.35. The van der Waals surface area contributed by atoms with Gasteiger partial charge in [-0.25, -0.2) is 13.4 Å². The van der Waals surface area contributed by atoms with E-state index in [2.05, 4.69) is 34.6 Å². The van der Waals surface area contributed by atoms with Crippen molar-refractivity contribution in [3.05, 3.63) is 84.8 Å². The first kappa shape index (κ1) is 22.3. The van der Waals surface area contributed by atoms with Crippen LogP contribution < -0.4 is 5.32 Å². The monoisotopic (exact) mass is 487 g/mol. The predicted molar refractivity (Wildman–Crippen MR) is 137 cm³/mol. The second-order valence-electron chi connectivity index (χ2n) is 9.65. The fraction of sp³-hybridized carbons (Fsp3) is 0.321. The van der Waals surface area contributed by atoms with Crippen LogP contribution in [-0.2, 0) is 14.6 Å². The highest BCUT2D eigenvalue weighted by Crippen LogP contribution is 2.32. The Labute approximate surface area is 205 Å². The Hall–Kier alpha value is -3.16. The van der Waals surface area contributed by atoms with Crippen molar-refractivity contribution in [3.8, 4) is 11.1 Å². The molecule has 0 atom stereocenters. The van der Waals surface area contributed by atoms with E-state index in [9.17, 15) is 8.42 Å². The summed E-state index contributed by atoms with van der Waals surface area (Å²) in [6, 6.07) is 20.2. The summed E-state index contributed by atoms with van der Waals surface area (Å²) in [5.41, 5.74) is 5.33. The number of sulfone groups is 1. The van der Waals surface area contributed by atoms with Crippen LogP contribution in [0.25, 0.3) is 16.8 Å². The average molecular weight is 488 g/mol. The Morgan fingerprint density at radius 3 is 2.26 bits per heavy atom. The maximum Gasteiger partial charge on any atom is 0.181 e. The minimum absolute atomic E-state index is 0.305. The molecule has 2 aromatic carbocycles. The van der Waals surface area contributed by atoms with Crippen molar-refractivity contribution < 1.29 is 13.2 Å². The van der Waals surface area contributed by atoms with Crippen LogP contribution in [-0.4, -0.2) is 42.3 Å². The number of hydrogen-bond donors (Lipinski definition) is 1. The zero-order valence-corrected chi connectivity index (χ0v) is 20.3. The van der Waals surface area contributed by atoms with Gasteiger partial charge in [0, 0.05) is 36.2 Å². The quantitative estimate of drug-likeness (QED) is 0.399. The molecule has 2 aliphatic rings. The SMILES string of the molecule is O=S(=O)(c1ccc(-c2ccc3nccn3c2)cc1)C1CCC(Nc2ccc(C3COC3)cc2)CC1. The van der Waals surface area contributed by atoms with Gasteiger partial charge in [-0.05, 0) is 78.8 Å². The molecule has 1 aliphatic carbocycles. The van der Waals surface area contributed by atoms with E-state index in [1.54, 1.807) is 18.3 Å². The third-order valence-electron chi connectivity index (χ3n) is 7.41. The Morgan fingerprint density at radius 1 is 0.857 bits per heavy atom. The molecule has 7 heteroatoms. The Bertz CT molecular complexity index is 1420. The van der Waals surface area contributed by atoms with Crippen molar-refractivity contribution in [2.24, 2.45) is 0 Å². The van der Waals surface area contributed by atoms with Crippen LogP contribution in [0.1, 0.15) is 37.2 Å². The lowest BCUT2D eigenvalue weighted by Crippen LogP contribution is -2.32. The van der Waals surface area contributed by atoms with Gasteiger partial charge in [0.15, 0.2) is 9.84 Å². The Kier molecular flexibility index (Phi) is 5.82. The van der Waals surface area contributed by atoms with Crippen molar-refractivity contribution in [2.45, 2.75) is 47.8 Å². The second kappa shape index (κ2) is 9.13. The first-order valence-electron chi connectivity index (χ1n) is 12.3. The van der Waals surface area contributed by atoms with Crippen molar-refractivity contribution in [2.75, 3.05) is 18.5 Å². The summed E-state index contributed by atoms with van der Waals surface area (Å²) in [4.78, 5) is 4.68. The molecule has 0 bridgehead atoms. The summed E-state index contributed by atoms with van der Waals surface area (Å²) in [5.74, 6) is 0.527. The number of fused-ring (bicyclic) bond motifs is 1. The highest BCUT2D eigenvalue weighted by atomic mass is 32.2. The Balaban J connectivity index is 1.08. The van der Waals surface area contributed by atoms with Crippen LogP contribution in [0.15, 0.2) is 84.1 Å². The lowest BCUT2D eigenvalue weighted by Gasteiger charge is -2.30. The van der Waals surface area contributed by atoms with Crippen LogP contribution in [0.5, 0.6) is 0 Å². The van der Waals surface area contributed by atoms with Gasteiger partial charge >= 0.3 is 0 Å². The van der Waals surface area contributed by atoms with Crippen LogP contribution in [0.4, 0.5) is 5.69 Å². The van der Waals surface area contributed by atoms with Crippen LogP contribution in [0, 0.1) is 0 Å². The van der Waals surface area contributed by atoms with E-state index in [1.165, 1.54) is 5.56 Å². The van der Waals surface area contributed by atoms with Gasteiger partial charge in [-0.15, -0.1) is 0 Å². The van der Waals surface area contributed by atoms with Crippen molar-refractivity contribution in [1.29, 1.82) is 0 Å². The molecule has 6 rings (SSSR count). The molecule has 0 unspecified atom stereocenters. The zero-order valence-electron chi connectivity index (χ0n) is 19.5. The highest BCUT2D eigenvalue weighted by Gasteiger charge is 2.32. The molecule has 0 radical (unpaired) electrons. The molecule has 35 heavy (non-hydrogen) atoms. The number of pyridine rings is 1. The van der Waals surface area contributed by atoms with Gasteiger partial charge in [-0.3, -0.25) is 0 Å². The van der Waals surface area contributed by atoms with Gasteiger partial charge in [0.2, 0.25) is 0 Å². The fourth-order valence-corrected chi connectivity index (χ4v) is 6.95. The molecular weight excluding hydrogens is 458 g/mol. The maximum absolute atomic E-state index is 13.3. The van der Waals surface area contributed by atoms with Crippen LogP contribution in [0.3, 0.4) is 0 Å². The van der Waals surface area contributed by atoms with Gasteiger partial charge in [-0.1, -0.05) is 24.3 Å². The molecule has 3 heterocycles. The smallest absolute Gasteiger partial charge is 0.181 e. The second-order valence-corrected chi connectivity index (χ2v) is 11.9. The molecular formula is C28H29N3O3S. The lowest BCUT2D eigenvalue weighted by atomic mass is 9.94. The minimum atomic E-state index is -3.35. The van der Waals surface area contributed by atoms with Gasteiger partial charge in [0.25, 0.3) is 0 Å². The summed E-state index contributed by atoms with van der Waals surface area (Å²) in [6.07, 6.45) is 8.74. The van der Waals surface area contributed by atoms with Gasteiger partial charge in [0.05, 0.1) is 23.4 Å². The van der Waals surface area contributed by atoms with E-state index in [4.69, 9.17) is 4.74 Å². The van der Waals surface area contributed by atoms with E-state index in [0.29, 0.717) is 29.7 Å². The largest absolute Gasteiger partial charge is 0.382 e. The van der Waals surface area contributed by atoms with Gasteiger partial charge in [0.1, 0.15) is 5.65 Å². The highest BCUT2D eigenvalue weighted by molar-refractivity contribution is 7.92. The first-order valence-corrected chi connectivity index (χ1v) is 13.8. The maximum atomic E-state index is 13.3. The summed E-state index contributed by atoms with van der Waals surface area (Å²) in [5, 5.41) is 3.27.